The van der Waals surface area contributed by atoms with Gasteiger partial charge in [-0.1, -0.05) is 36.4 Å². The number of hydrogen-bond acceptors (Lipinski definition) is 4. The maximum atomic E-state index is 13.9. The Kier molecular flexibility index (Phi) is 5.05. The molecule has 2 rings (SSSR count). The van der Waals surface area contributed by atoms with E-state index in [1.807, 2.05) is 0 Å². The first-order valence-corrected chi connectivity index (χ1v) is 7.09. The Hall–Kier alpha value is -2.76. The van der Waals surface area contributed by atoms with Gasteiger partial charge in [0.1, 0.15) is 5.92 Å². The number of nitro groups is 1. The minimum atomic E-state index is -0.981. The highest BCUT2D eigenvalue weighted by Gasteiger charge is 2.27. The number of carbonyl (C=O) groups excluding carboxylic acids is 1. The fourth-order valence-corrected chi connectivity index (χ4v) is 2.26. The third-order valence-electron chi connectivity index (χ3n) is 3.22. The number of ether oxygens (including phenoxy) is 1. The molecule has 0 spiro atoms. The number of benzene rings is 2. The molecule has 0 saturated heterocycles. The summed E-state index contributed by atoms with van der Waals surface area (Å²) >= 11 is 0. The van der Waals surface area contributed by atoms with E-state index in [9.17, 15) is 19.3 Å². The zero-order chi connectivity index (χ0) is 17.0. The van der Waals surface area contributed by atoms with Crippen molar-refractivity contribution in [1.82, 2.24) is 0 Å². The molecule has 120 valence electrons. The second-order valence-electron chi connectivity index (χ2n) is 5.30. The fourth-order valence-electron chi connectivity index (χ4n) is 2.26. The van der Waals surface area contributed by atoms with E-state index in [4.69, 9.17) is 4.74 Å². The Morgan fingerprint density at radius 2 is 1.78 bits per heavy atom. The van der Waals surface area contributed by atoms with Gasteiger partial charge in [-0.2, -0.15) is 4.39 Å². The van der Waals surface area contributed by atoms with Gasteiger partial charge >= 0.3 is 11.7 Å². The van der Waals surface area contributed by atoms with E-state index in [2.05, 4.69) is 0 Å². The third-order valence-corrected chi connectivity index (χ3v) is 3.22. The lowest BCUT2D eigenvalue weighted by molar-refractivity contribution is -0.387. The molecule has 6 heteroatoms. The van der Waals surface area contributed by atoms with Gasteiger partial charge in [0.05, 0.1) is 11.0 Å². The van der Waals surface area contributed by atoms with E-state index in [0.717, 1.165) is 12.1 Å². The summed E-state index contributed by atoms with van der Waals surface area (Å²) in [6.07, 6.45) is -0.323. The molecule has 0 saturated carbocycles. The molecule has 0 aliphatic carbocycles. The van der Waals surface area contributed by atoms with Crippen molar-refractivity contribution in [3.63, 3.8) is 0 Å². The van der Waals surface area contributed by atoms with Crippen molar-refractivity contribution in [3.05, 3.63) is 75.6 Å². The quantitative estimate of drug-likeness (QED) is 0.477. The first-order chi connectivity index (χ1) is 10.9. The van der Waals surface area contributed by atoms with Crippen LogP contribution >= 0.6 is 0 Å². The molecule has 0 amide bonds. The summed E-state index contributed by atoms with van der Waals surface area (Å²) in [5, 5.41) is 10.7. The average Bonchev–Trinajstić information content (AvgIpc) is 2.47. The smallest absolute Gasteiger partial charge is 0.318 e. The summed E-state index contributed by atoms with van der Waals surface area (Å²) in [7, 11) is 0. The fraction of sp³-hybridized carbons (Fsp3) is 0.235. The van der Waals surface area contributed by atoms with Crippen molar-refractivity contribution in [3.8, 4) is 0 Å². The molecule has 0 aromatic heterocycles. The number of hydrogen-bond donors (Lipinski definition) is 0. The predicted octanol–water partition coefficient (Wildman–Crippen LogP) is 3.82. The van der Waals surface area contributed by atoms with Gasteiger partial charge in [-0.05, 0) is 31.0 Å². The average molecular weight is 317 g/mol. The minimum absolute atomic E-state index is 0.310. The Morgan fingerprint density at radius 1 is 1.13 bits per heavy atom. The SMILES string of the molecule is CC(C)OC(=O)[C@@H](c1ccccc1)c1ccc([N+](=O)[O-])c(F)c1. The van der Waals surface area contributed by atoms with Crippen molar-refractivity contribution in [2.75, 3.05) is 0 Å². The topological polar surface area (TPSA) is 69.4 Å². The lowest BCUT2D eigenvalue weighted by atomic mass is 9.91. The van der Waals surface area contributed by atoms with Crippen LogP contribution in [-0.2, 0) is 9.53 Å². The number of nitrogens with zero attached hydrogens (tertiary/aromatic N) is 1. The van der Waals surface area contributed by atoms with Crippen LogP contribution < -0.4 is 0 Å². The van der Waals surface area contributed by atoms with Gasteiger partial charge in [-0.3, -0.25) is 14.9 Å². The summed E-state index contributed by atoms with van der Waals surface area (Å²) in [6, 6.07) is 12.2. The van der Waals surface area contributed by atoms with Crippen molar-refractivity contribution >= 4 is 11.7 Å². The Morgan fingerprint density at radius 3 is 2.30 bits per heavy atom. The lowest BCUT2D eigenvalue weighted by Gasteiger charge is -2.18. The molecule has 2 aromatic carbocycles. The molecule has 0 N–H and O–H groups in total. The van der Waals surface area contributed by atoms with Crippen LogP contribution in [0.1, 0.15) is 30.9 Å². The summed E-state index contributed by atoms with van der Waals surface area (Å²) in [4.78, 5) is 22.3. The number of carbonyl (C=O) groups is 1. The van der Waals surface area contributed by atoms with Gasteiger partial charge in [-0.25, -0.2) is 0 Å². The molecule has 0 bridgehead atoms. The number of esters is 1. The zero-order valence-corrected chi connectivity index (χ0v) is 12.7. The largest absolute Gasteiger partial charge is 0.462 e. The Bertz CT molecular complexity index is 716. The van der Waals surface area contributed by atoms with Crippen LogP contribution in [-0.4, -0.2) is 17.0 Å². The van der Waals surface area contributed by atoms with Crippen LogP contribution in [0.15, 0.2) is 48.5 Å². The molecule has 1 atom stereocenters. The monoisotopic (exact) mass is 317 g/mol. The Balaban J connectivity index is 2.47. The standard InChI is InChI=1S/C17H16FNO4/c1-11(2)23-17(20)16(12-6-4-3-5-7-12)13-8-9-15(19(21)22)14(18)10-13/h3-11,16H,1-2H3/t16-/m0/s1. The van der Waals surface area contributed by atoms with E-state index in [-0.39, 0.29) is 6.10 Å². The first-order valence-electron chi connectivity index (χ1n) is 7.09. The molecule has 2 aromatic rings. The maximum absolute atomic E-state index is 13.9. The van der Waals surface area contributed by atoms with Crippen molar-refractivity contribution < 1.29 is 18.8 Å². The van der Waals surface area contributed by atoms with Crippen molar-refractivity contribution in [1.29, 1.82) is 0 Å². The van der Waals surface area contributed by atoms with Gasteiger partial charge in [0.25, 0.3) is 0 Å². The third kappa shape index (κ3) is 3.91. The molecule has 0 aliphatic heterocycles. The molecule has 0 unspecified atom stereocenters. The number of nitro benzene ring substituents is 1. The van der Waals surface area contributed by atoms with E-state index in [1.165, 1.54) is 6.07 Å². The van der Waals surface area contributed by atoms with Gasteiger partial charge < -0.3 is 4.74 Å². The second-order valence-corrected chi connectivity index (χ2v) is 5.30. The second kappa shape index (κ2) is 7.00. The first kappa shape index (κ1) is 16.6. The van der Waals surface area contributed by atoms with Crippen LogP contribution in [0.25, 0.3) is 0 Å². The molecule has 23 heavy (non-hydrogen) atoms. The Labute approximate surface area is 132 Å². The summed E-state index contributed by atoms with van der Waals surface area (Å²) in [6.45, 7) is 3.44. The van der Waals surface area contributed by atoms with Crippen LogP contribution in [0.2, 0.25) is 0 Å². The van der Waals surface area contributed by atoms with E-state index >= 15 is 0 Å². The van der Waals surface area contributed by atoms with E-state index in [1.54, 1.807) is 44.2 Å². The highest BCUT2D eigenvalue weighted by Crippen LogP contribution is 2.29. The lowest BCUT2D eigenvalue weighted by Crippen LogP contribution is -2.21. The minimum Gasteiger partial charge on any atom is -0.462 e. The maximum Gasteiger partial charge on any atom is 0.318 e. The van der Waals surface area contributed by atoms with Gasteiger partial charge in [0.15, 0.2) is 0 Å². The predicted molar refractivity (Wildman–Crippen MR) is 82.6 cm³/mol. The summed E-state index contributed by atoms with van der Waals surface area (Å²) in [5.41, 5.74) is 0.314. The molecular weight excluding hydrogens is 301 g/mol. The van der Waals surface area contributed by atoms with Crippen molar-refractivity contribution in [2.45, 2.75) is 25.9 Å². The van der Waals surface area contributed by atoms with Crippen LogP contribution in [0.4, 0.5) is 10.1 Å². The van der Waals surface area contributed by atoms with Gasteiger partial charge in [0.2, 0.25) is 5.82 Å². The number of halogens is 1. The molecule has 0 aliphatic rings. The molecule has 0 fully saturated rings. The highest BCUT2D eigenvalue weighted by molar-refractivity contribution is 5.82. The van der Waals surface area contributed by atoms with E-state index in [0.29, 0.717) is 11.1 Å². The molecular formula is C17H16FNO4. The summed E-state index contributed by atoms with van der Waals surface area (Å²) in [5.74, 6) is -2.35. The highest BCUT2D eigenvalue weighted by atomic mass is 19.1. The van der Waals surface area contributed by atoms with Crippen molar-refractivity contribution in [2.24, 2.45) is 0 Å². The molecule has 5 nitrogen and oxygen atoms in total. The summed E-state index contributed by atoms with van der Waals surface area (Å²) < 4.78 is 19.2. The number of rotatable bonds is 5. The molecule has 0 radical (unpaired) electrons. The van der Waals surface area contributed by atoms with Crippen LogP contribution in [0.3, 0.4) is 0 Å². The van der Waals surface area contributed by atoms with Gasteiger partial charge in [-0.15, -0.1) is 0 Å². The van der Waals surface area contributed by atoms with E-state index < -0.39 is 28.3 Å². The zero-order valence-electron chi connectivity index (χ0n) is 12.7. The molecule has 0 heterocycles. The van der Waals surface area contributed by atoms with Gasteiger partial charge in [0, 0.05) is 6.07 Å². The van der Waals surface area contributed by atoms with Crippen LogP contribution in [0, 0.1) is 15.9 Å². The normalized spacial score (nSPS) is 12.0. The van der Waals surface area contributed by atoms with Crippen LogP contribution in [0.5, 0.6) is 0 Å².